The molecule has 1 aromatic heterocycles. The van der Waals surface area contributed by atoms with Gasteiger partial charge >= 0.3 is 6.03 Å². The van der Waals surface area contributed by atoms with Gasteiger partial charge in [-0.2, -0.15) is 0 Å². The van der Waals surface area contributed by atoms with Crippen LogP contribution in [0.5, 0.6) is 0 Å². The van der Waals surface area contributed by atoms with Gasteiger partial charge in [-0.25, -0.2) is 9.18 Å². The summed E-state index contributed by atoms with van der Waals surface area (Å²) in [5.74, 6) is -0.323. The highest BCUT2D eigenvalue weighted by atomic mass is 19.1. The van der Waals surface area contributed by atoms with Crippen molar-refractivity contribution in [3.8, 4) is 0 Å². The first kappa shape index (κ1) is 15.2. The fraction of sp³-hybridized carbons (Fsp3) is 0.222. The van der Waals surface area contributed by atoms with E-state index < -0.39 is 0 Å². The van der Waals surface area contributed by atoms with Crippen molar-refractivity contribution in [2.24, 2.45) is 0 Å². The molecule has 1 aliphatic rings. The van der Waals surface area contributed by atoms with Gasteiger partial charge in [0.05, 0.1) is 0 Å². The smallest absolute Gasteiger partial charge is 0.320 e. The quantitative estimate of drug-likeness (QED) is 0.915. The Morgan fingerprint density at radius 1 is 1.26 bits per heavy atom. The molecule has 23 heavy (non-hydrogen) atoms. The highest BCUT2D eigenvalue weighted by Crippen LogP contribution is 2.23. The Morgan fingerprint density at radius 2 is 2.04 bits per heavy atom. The van der Waals surface area contributed by atoms with Crippen LogP contribution in [0, 0.1) is 12.7 Å². The van der Waals surface area contributed by atoms with Crippen LogP contribution in [0.1, 0.15) is 17.7 Å². The standard InChI is InChI=1S/C18H18FN3O/c1-13-4-6-15(7-5-13)21-18(23)22-11-8-14(9-12-22)17-16(19)3-2-10-20-17/h2-8,10H,9,11-12H2,1H3,(H,21,23). The van der Waals surface area contributed by atoms with E-state index in [0.29, 0.717) is 25.2 Å². The van der Waals surface area contributed by atoms with Gasteiger partial charge in [-0.1, -0.05) is 23.8 Å². The van der Waals surface area contributed by atoms with E-state index in [1.807, 2.05) is 37.3 Å². The third-order valence-corrected chi connectivity index (χ3v) is 3.86. The molecule has 1 aliphatic heterocycles. The summed E-state index contributed by atoms with van der Waals surface area (Å²) in [5, 5.41) is 2.87. The van der Waals surface area contributed by atoms with Gasteiger partial charge in [-0.05, 0) is 43.2 Å². The third kappa shape index (κ3) is 3.56. The number of halogens is 1. The minimum Gasteiger partial charge on any atom is -0.320 e. The number of rotatable bonds is 2. The SMILES string of the molecule is Cc1ccc(NC(=O)N2CC=C(c3ncccc3F)CC2)cc1. The van der Waals surface area contributed by atoms with E-state index in [0.717, 1.165) is 16.8 Å². The van der Waals surface area contributed by atoms with Gasteiger partial charge in [0.1, 0.15) is 11.5 Å². The zero-order valence-corrected chi connectivity index (χ0v) is 12.9. The van der Waals surface area contributed by atoms with E-state index in [-0.39, 0.29) is 11.8 Å². The van der Waals surface area contributed by atoms with E-state index in [2.05, 4.69) is 10.3 Å². The monoisotopic (exact) mass is 311 g/mol. The van der Waals surface area contributed by atoms with Gasteiger partial charge in [0.2, 0.25) is 0 Å². The van der Waals surface area contributed by atoms with Crippen LogP contribution in [-0.4, -0.2) is 29.0 Å². The predicted octanol–water partition coefficient (Wildman–Crippen LogP) is 3.85. The molecule has 0 fully saturated rings. The van der Waals surface area contributed by atoms with Crippen LogP contribution in [0.2, 0.25) is 0 Å². The highest BCUT2D eigenvalue weighted by Gasteiger charge is 2.19. The van der Waals surface area contributed by atoms with Crippen molar-refractivity contribution in [3.05, 3.63) is 65.7 Å². The number of hydrogen-bond acceptors (Lipinski definition) is 2. The van der Waals surface area contributed by atoms with Gasteiger partial charge in [0.15, 0.2) is 0 Å². The summed E-state index contributed by atoms with van der Waals surface area (Å²) in [6, 6.07) is 10.5. The molecule has 118 valence electrons. The van der Waals surface area contributed by atoms with Crippen LogP contribution in [0.3, 0.4) is 0 Å². The molecule has 0 aliphatic carbocycles. The Morgan fingerprint density at radius 3 is 2.70 bits per heavy atom. The average Bonchev–Trinajstić information content (AvgIpc) is 2.57. The minimum atomic E-state index is -0.323. The number of carbonyl (C=O) groups excluding carboxylic acids is 1. The van der Waals surface area contributed by atoms with Crippen molar-refractivity contribution in [2.45, 2.75) is 13.3 Å². The van der Waals surface area contributed by atoms with Gasteiger partial charge in [0, 0.05) is 25.0 Å². The number of pyridine rings is 1. The first-order valence-electron chi connectivity index (χ1n) is 7.56. The number of benzene rings is 1. The summed E-state index contributed by atoms with van der Waals surface area (Å²) >= 11 is 0. The summed E-state index contributed by atoms with van der Waals surface area (Å²) in [7, 11) is 0. The normalized spacial score (nSPS) is 14.3. The Hall–Kier alpha value is -2.69. The fourth-order valence-corrected chi connectivity index (χ4v) is 2.53. The molecule has 2 heterocycles. The lowest BCUT2D eigenvalue weighted by molar-refractivity contribution is 0.217. The molecule has 0 saturated heterocycles. The maximum absolute atomic E-state index is 13.8. The molecule has 0 saturated carbocycles. The Balaban J connectivity index is 1.65. The van der Waals surface area contributed by atoms with Crippen LogP contribution in [0.25, 0.3) is 5.57 Å². The van der Waals surface area contributed by atoms with Gasteiger partial charge in [-0.15, -0.1) is 0 Å². The number of nitrogens with zero attached hydrogens (tertiary/aromatic N) is 2. The number of anilines is 1. The van der Waals surface area contributed by atoms with E-state index in [1.165, 1.54) is 6.07 Å². The first-order valence-corrected chi connectivity index (χ1v) is 7.56. The number of amides is 2. The summed E-state index contributed by atoms with van der Waals surface area (Å²) in [5.41, 5.74) is 3.14. The van der Waals surface area contributed by atoms with Crippen LogP contribution in [0.4, 0.5) is 14.9 Å². The maximum atomic E-state index is 13.8. The highest BCUT2D eigenvalue weighted by molar-refractivity contribution is 5.90. The number of hydrogen-bond donors (Lipinski definition) is 1. The third-order valence-electron chi connectivity index (χ3n) is 3.86. The van der Waals surface area contributed by atoms with Crippen LogP contribution >= 0.6 is 0 Å². The molecule has 0 unspecified atom stereocenters. The zero-order chi connectivity index (χ0) is 16.2. The lowest BCUT2D eigenvalue weighted by atomic mass is 10.0. The lowest BCUT2D eigenvalue weighted by Crippen LogP contribution is -2.38. The Kier molecular flexibility index (Phi) is 4.37. The van der Waals surface area contributed by atoms with Crippen LogP contribution in [0.15, 0.2) is 48.7 Å². The maximum Gasteiger partial charge on any atom is 0.322 e. The molecule has 2 aromatic rings. The molecule has 1 aromatic carbocycles. The van der Waals surface area contributed by atoms with Gasteiger partial charge in [-0.3, -0.25) is 4.98 Å². The average molecular weight is 311 g/mol. The molecular weight excluding hydrogens is 293 g/mol. The fourth-order valence-electron chi connectivity index (χ4n) is 2.53. The second kappa shape index (κ2) is 6.60. The predicted molar refractivity (Wildman–Crippen MR) is 88.6 cm³/mol. The molecule has 3 rings (SSSR count). The number of aromatic nitrogens is 1. The molecule has 0 atom stereocenters. The van der Waals surface area contributed by atoms with Crippen LogP contribution in [-0.2, 0) is 0 Å². The summed E-state index contributed by atoms with van der Waals surface area (Å²) in [6.45, 7) is 2.99. The largest absolute Gasteiger partial charge is 0.322 e. The molecule has 0 bridgehead atoms. The Labute approximate surface area is 134 Å². The molecule has 2 amide bonds. The zero-order valence-electron chi connectivity index (χ0n) is 12.9. The molecule has 4 nitrogen and oxygen atoms in total. The number of urea groups is 1. The minimum absolute atomic E-state index is 0.148. The van der Waals surface area contributed by atoms with E-state index >= 15 is 0 Å². The Bertz CT molecular complexity index is 740. The summed E-state index contributed by atoms with van der Waals surface area (Å²) < 4.78 is 13.8. The van der Waals surface area contributed by atoms with Crippen molar-refractivity contribution < 1.29 is 9.18 Å². The first-order chi connectivity index (χ1) is 11.1. The summed E-state index contributed by atoms with van der Waals surface area (Å²) in [4.78, 5) is 18.0. The molecule has 1 N–H and O–H groups in total. The van der Waals surface area contributed by atoms with E-state index in [1.54, 1.807) is 17.2 Å². The van der Waals surface area contributed by atoms with Crippen molar-refractivity contribution in [3.63, 3.8) is 0 Å². The number of nitrogens with one attached hydrogen (secondary N) is 1. The van der Waals surface area contributed by atoms with Gasteiger partial charge in [0.25, 0.3) is 0 Å². The van der Waals surface area contributed by atoms with E-state index in [4.69, 9.17) is 0 Å². The molecular formula is C18H18FN3O. The van der Waals surface area contributed by atoms with Crippen molar-refractivity contribution >= 4 is 17.3 Å². The van der Waals surface area contributed by atoms with Crippen molar-refractivity contribution in [1.29, 1.82) is 0 Å². The van der Waals surface area contributed by atoms with Crippen LogP contribution < -0.4 is 5.32 Å². The molecule has 0 spiro atoms. The number of aryl methyl sites for hydroxylation is 1. The second-order valence-corrected chi connectivity index (χ2v) is 5.56. The van der Waals surface area contributed by atoms with Crippen molar-refractivity contribution in [1.82, 2.24) is 9.88 Å². The number of carbonyl (C=O) groups is 1. The van der Waals surface area contributed by atoms with Gasteiger partial charge < -0.3 is 10.2 Å². The molecule has 5 heteroatoms. The molecule has 0 radical (unpaired) electrons. The van der Waals surface area contributed by atoms with Crippen molar-refractivity contribution in [2.75, 3.05) is 18.4 Å². The second-order valence-electron chi connectivity index (χ2n) is 5.56. The van der Waals surface area contributed by atoms with E-state index in [9.17, 15) is 9.18 Å². The summed E-state index contributed by atoms with van der Waals surface area (Å²) in [6.07, 6.45) is 4.04. The topological polar surface area (TPSA) is 45.2 Å². The lowest BCUT2D eigenvalue weighted by Gasteiger charge is -2.26.